The van der Waals surface area contributed by atoms with Crippen LogP contribution < -0.4 is 5.32 Å². The van der Waals surface area contributed by atoms with E-state index in [1.165, 1.54) is 57.2 Å². The Labute approximate surface area is 130 Å². The zero-order chi connectivity index (χ0) is 14.9. The predicted octanol–water partition coefficient (Wildman–Crippen LogP) is 4.21. The minimum absolute atomic E-state index is 0.683. The molecule has 1 atom stereocenters. The standard InChI is InChI=1S/C19H32N2/c1-3-4-6-9-17(2)20-19-12-14-21(15-13-19)16-18-10-7-5-8-11-18/h5,7-8,10-11,17,19-20H,3-4,6,9,12-16H2,1-2H3. The van der Waals surface area contributed by atoms with Crippen LogP contribution in [0.25, 0.3) is 0 Å². The second-order valence-corrected chi connectivity index (χ2v) is 6.60. The van der Waals surface area contributed by atoms with Gasteiger partial charge in [0.1, 0.15) is 0 Å². The van der Waals surface area contributed by atoms with Crippen LogP contribution in [0.3, 0.4) is 0 Å². The number of nitrogens with zero attached hydrogens (tertiary/aromatic N) is 1. The Morgan fingerprint density at radius 1 is 1.14 bits per heavy atom. The van der Waals surface area contributed by atoms with Crippen molar-refractivity contribution in [2.75, 3.05) is 13.1 Å². The number of likely N-dealkylation sites (tertiary alicyclic amines) is 1. The van der Waals surface area contributed by atoms with Crippen LogP contribution >= 0.6 is 0 Å². The van der Waals surface area contributed by atoms with Gasteiger partial charge in [0, 0.05) is 18.6 Å². The van der Waals surface area contributed by atoms with E-state index in [1.807, 2.05) is 0 Å². The average Bonchev–Trinajstić information content (AvgIpc) is 2.51. The fourth-order valence-electron chi connectivity index (χ4n) is 3.29. The van der Waals surface area contributed by atoms with Gasteiger partial charge in [-0.15, -0.1) is 0 Å². The Hall–Kier alpha value is -0.860. The Balaban J connectivity index is 1.64. The summed E-state index contributed by atoms with van der Waals surface area (Å²) in [6.45, 7) is 8.20. The molecule has 1 aromatic rings. The minimum Gasteiger partial charge on any atom is -0.311 e. The van der Waals surface area contributed by atoms with Crippen molar-refractivity contribution in [2.45, 2.75) is 71.0 Å². The summed E-state index contributed by atoms with van der Waals surface area (Å²) >= 11 is 0. The van der Waals surface area contributed by atoms with Crippen LogP contribution in [0.5, 0.6) is 0 Å². The number of piperidine rings is 1. The van der Waals surface area contributed by atoms with Gasteiger partial charge in [-0.2, -0.15) is 0 Å². The number of rotatable bonds is 8. The van der Waals surface area contributed by atoms with Gasteiger partial charge >= 0.3 is 0 Å². The van der Waals surface area contributed by atoms with Gasteiger partial charge in [-0.25, -0.2) is 0 Å². The van der Waals surface area contributed by atoms with Crippen LogP contribution in [0.2, 0.25) is 0 Å². The second kappa shape index (κ2) is 9.22. The van der Waals surface area contributed by atoms with Crippen molar-refractivity contribution in [3.63, 3.8) is 0 Å². The SMILES string of the molecule is CCCCCC(C)NC1CCN(Cc2ccccc2)CC1. The topological polar surface area (TPSA) is 15.3 Å². The van der Waals surface area contributed by atoms with E-state index in [9.17, 15) is 0 Å². The first-order chi connectivity index (χ1) is 10.3. The second-order valence-electron chi connectivity index (χ2n) is 6.60. The van der Waals surface area contributed by atoms with Gasteiger partial charge < -0.3 is 5.32 Å². The van der Waals surface area contributed by atoms with Gasteiger partial charge in [-0.3, -0.25) is 4.90 Å². The van der Waals surface area contributed by atoms with E-state index in [0.29, 0.717) is 6.04 Å². The predicted molar refractivity (Wildman–Crippen MR) is 91.5 cm³/mol. The largest absolute Gasteiger partial charge is 0.311 e. The molecule has 1 unspecified atom stereocenters. The third-order valence-corrected chi connectivity index (χ3v) is 4.60. The third kappa shape index (κ3) is 6.19. The summed E-state index contributed by atoms with van der Waals surface area (Å²) in [5.74, 6) is 0. The molecule has 0 amide bonds. The van der Waals surface area contributed by atoms with Gasteiger partial charge in [0.25, 0.3) is 0 Å². The Kier molecular flexibility index (Phi) is 7.25. The monoisotopic (exact) mass is 288 g/mol. The Morgan fingerprint density at radius 2 is 1.86 bits per heavy atom. The number of hydrogen-bond acceptors (Lipinski definition) is 2. The molecule has 0 radical (unpaired) electrons. The van der Waals surface area contributed by atoms with Crippen LogP contribution in [0.4, 0.5) is 0 Å². The highest BCUT2D eigenvalue weighted by atomic mass is 15.1. The summed E-state index contributed by atoms with van der Waals surface area (Å²) < 4.78 is 0. The molecule has 0 aliphatic carbocycles. The molecule has 0 saturated carbocycles. The highest BCUT2D eigenvalue weighted by molar-refractivity contribution is 5.14. The molecule has 1 saturated heterocycles. The van der Waals surface area contributed by atoms with Crippen molar-refractivity contribution in [2.24, 2.45) is 0 Å². The van der Waals surface area contributed by atoms with Gasteiger partial charge in [0.2, 0.25) is 0 Å². The Morgan fingerprint density at radius 3 is 2.52 bits per heavy atom. The first kappa shape index (κ1) is 16.5. The van der Waals surface area contributed by atoms with Crippen LogP contribution in [0.1, 0.15) is 57.9 Å². The van der Waals surface area contributed by atoms with E-state index >= 15 is 0 Å². The first-order valence-electron chi connectivity index (χ1n) is 8.80. The lowest BCUT2D eigenvalue weighted by Crippen LogP contribution is -2.45. The molecule has 1 aliphatic heterocycles. The van der Waals surface area contributed by atoms with Crippen LogP contribution in [-0.4, -0.2) is 30.1 Å². The maximum atomic E-state index is 3.84. The van der Waals surface area contributed by atoms with Crippen molar-refractivity contribution < 1.29 is 0 Å². The summed E-state index contributed by atoms with van der Waals surface area (Å²) in [5.41, 5.74) is 1.44. The van der Waals surface area contributed by atoms with Crippen molar-refractivity contribution >= 4 is 0 Å². The third-order valence-electron chi connectivity index (χ3n) is 4.60. The van der Waals surface area contributed by atoms with Gasteiger partial charge in [0.05, 0.1) is 0 Å². The molecule has 118 valence electrons. The quantitative estimate of drug-likeness (QED) is 0.721. The molecular weight excluding hydrogens is 256 g/mol. The summed E-state index contributed by atoms with van der Waals surface area (Å²) in [7, 11) is 0. The number of hydrogen-bond donors (Lipinski definition) is 1. The highest BCUT2D eigenvalue weighted by Crippen LogP contribution is 2.15. The van der Waals surface area contributed by atoms with Crippen LogP contribution in [0, 0.1) is 0 Å². The summed E-state index contributed by atoms with van der Waals surface area (Å²) in [5, 5.41) is 3.84. The molecule has 21 heavy (non-hydrogen) atoms. The molecule has 1 heterocycles. The van der Waals surface area contributed by atoms with E-state index in [-0.39, 0.29) is 0 Å². The maximum Gasteiger partial charge on any atom is 0.0233 e. The molecule has 1 aromatic carbocycles. The molecule has 0 bridgehead atoms. The highest BCUT2D eigenvalue weighted by Gasteiger charge is 2.20. The van der Waals surface area contributed by atoms with Crippen molar-refractivity contribution in [1.82, 2.24) is 10.2 Å². The molecule has 0 aromatic heterocycles. The van der Waals surface area contributed by atoms with Crippen LogP contribution in [-0.2, 0) is 6.54 Å². The molecule has 2 heteroatoms. The fourth-order valence-corrected chi connectivity index (χ4v) is 3.29. The zero-order valence-electron chi connectivity index (χ0n) is 13.9. The van der Waals surface area contributed by atoms with Gasteiger partial charge in [0.15, 0.2) is 0 Å². The van der Waals surface area contributed by atoms with E-state index in [2.05, 4.69) is 54.4 Å². The number of unbranched alkanes of at least 4 members (excludes halogenated alkanes) is 2. The fraction of sp³-hybridized carbons (Fsp3) is 0.684. The van der Waals surface area contributed by atoms with Crippen LogP contribution in [0.15, 0.2) is 30.3 Å². The van der Waals surface area contributed by atoms with Crippen molar-refractivity contribution in [3.8, 4) is 0 Å². The lowest BCUT2D eigenvalue weighted by molar-refractivity contribution is 0.184. The lowest BCUT2D eigenvalue weighted by Gasteiger charge is -2.34. The Bertz CT molecular complexity index is 368. The average molecular weight is 288 g/mol. The molecular formula is C19H32N2. The van der Waals surface area contributed by atoms with E-state index in [0.717, 1.165) is 12.6 Å². The molecule has 1 N–H and O–H groups in total. The summed E-state index contributed by atoms with van der Waals surface area (Å²) in [6, 6.07) is 12.3. The summed E-state index contributed by atoms with van der Waals surface area (Å²) in [6.07, 6.45) is 8.00. The van der Waals surface area contributed by atoms with Crippen molar-refractivity contribution in [3.05, 3.63) is 35.9 Å². The molecule has 2 nitrogen and oxygen atoms in total. The van der Waals surface area contributed by atoms with Crippen molar-refractivity contribution in [1.29, 1.82) is 0 Å². The number of benzene rings is 1. The zero-order valence-corrected chi connectivity index (χ0v) is 13.9. The lowest BCUT2D eigenvalue weighted by atomic mass is 10.0. The molecule has 1 fully saturated rings. The summed E-state index contributed by atoms with van der Waals surface area (Å²) in [4.78, 5) is 2.59. The van der Waals surface area contributed by atoms with Gasteiger partial charge in [-0.05, 0) is 44.8 Å². The molecule has 0 spiro atoms. The van der Waals surface area contributed by atoms with E-state index < -0.39 is 0 Å². The number of nitrogens with one attached hydrogen (secondary N) is 1. The van der Waals surface area contributed by atoms with Gasteiger partial charge in [-0.1, -0.05) is 56.5 Å². The smallest absolute Gasteiger partial charge is 0.0233 e. The normalized spacial score (nSPS) is 18.8. The minimum atomic E-state index is 0.683. The van der Waals surface area contributed by atoms with E-state index in [1.54, 1.807) is 0 Å². The first-order valence-corrected chi connectivity index (χ1v) is 8.80. The molecule has 2 rings (SSSR count). The maximum absolute atomic E-state index is 3.84. The molecule has 1 aliphatic rings. The van der Waals surface area contributed by atoms with E-state index in [4.69, 9.17) is 0 Å².